The van der Waals surface area contributed by atoms with E-state index in [-0.39, 0.29) is 5.75 Å². The second kappa shape index (κ2) is 7.06. The first-order valence-electron chi connectivity index (χ1n) is 6.62. The van der Waals surface area contributed by atoms with Crippen molar-refractivity contribution in [3.05, 3.63) is 23.8 Å². The van der Waals surface area contributed by atoms with Crippen LogP contribution in [0, 0.1) is 6.92 Å². The second-order valence-corrected chi connectivity index (χ2v) is 5.61. The van der Waals surface area contributed by atoms with Crippen LogP contribution < -0.4 is 8.92 Å². The Morgan fingerprint density at radius 1 is 1.29 bits per heavy atom. The van der Waals surface area contributed by atoms with E-state index in [0.717, 1.165) is 32.8 Å². The van der Waals surface area contributed by atoms with E-state index in [1.807, 2.05) is 0 Å². The highest BCUT2D eigenvalue weighted by molar-refractivity contribution is 7.81. The molecule has 0 amide bonds. The van der Waals surface area contributed by atoms with Gasteiger partial charge in [0.05, 0.1) is 13.2 Å². The van der Waals surface area contributed by atoms with E-state index >= 15 is 0 Å². The molecule has 0 aromatic heterocycles. The molecule has 1 aliphatic rings. The molecule has 0 aliphatic carbocycles. The molecule has 1 saturated heterocycles. The lowest BCUT2D eigenvalue weighted by Crippen LogP contribution is -2.38. The lowest BCUT2D eigenvalue weighted by molar-refractivity contribution is 0.0322. The summed E-state index contributed by atoms with van der Waals surface area (Å²) in [6, 6.07) is 4.62. The van der Waals surface area contributed by atoms with Crippen LogP contribution in [0.1, 0.15) is 5.56 Å². The third-order valence-electron chi connectivity index (χ3n) is 3.19. The van der Waals surface area contributed by atoms with Crippen molar-refractivity contribution in [1.82, 2.24) is 4.90 Å². The molecule has 0 saturated carbocycles. The van der Waals surface area contributed by atoms with Gasteiger partial charge in [0, 0.05) is 25.2 Å². The molecule has 1 fully saturated rings. The number of hydrogen-bond donors (Lipinski definition) is 0. The Morgan fingerprint density at radius 2 is 1.95 bits per heavy atom. The van der Waals surface area contributed by atoms with E-state index in [1.165, 1.54) is 6.07 Å². The monoisotopic (exact) mass is 319 g/mol. The molecule has 118 valence electrons. The van der Waals surface area contributed by atoms with Gasteiger partial charge in [-0.05, 0) is 19.1 Å². The van der Waals surface area contributed by atoms with Crippen LogP contribution >= 0.6 is 0 Å². The zero-order valence-electron chi connectivity index (χ0n) is 11.7. The van der Waals surface area contributed by atoms with Crippen LogP contribution in [0.2, 0.25) is 0 Å². The van der Waals surface area contributed by atoms with Gasteiger partial charge in [0.15, 0.2) is 5.75 Å². The molecular weight excluding hydrogens is 301 g/mol. The third-order valence-corrected chi connectivity index (χ3v) is 3.57. The molecular formula is C13H18FNO5S. The van der Waals surface area contributed by atoms with Gasteiger partial charge in [-0.25, -0.2) is 0 Å². The van der Waals surface area contributed by atoms with Crippen molar-refractivity contribution < 1.29 is 26.0 Å². The maximum absolute atomic E-state index is 12.6. The van der Waals surface area contributed by atoms with Crippen LogP contribution in [0.15, 0.2) is 18.2 Å². The normalized spacial score (nSPS) is 16.7. The molecule has 0 radical (unpaired) electrons. The number of halogens is 1. The van der Waals surface area contributed by atoms with Crippen molar-refractivity contribution in [2.24, 2.45) is 0 Å². The Morgan fingerprint density at radius 3 is 2.62 bits per heavy atom. The van der Waals surface area contributed by atoms with Crippen molar-refractivity contribution in [2.75, 3.05) is 39.5 Å². The molecule has 2 rings (SSSR count). The molecule has 1 aromatic rings. The smallest absolute Gasteiger partial charge is 0.488 e. The molecule has 21 heavy (non-hydrogen) atoms. The molecule has 1 heterocycles. The predicted molar refractivity (Wildman–Crippen MR) is 74.6 cm³/mol. The van der Waals surface area contributed by atoms with Crippen LogP contribution in [-0.2, 0) is 15.2 Å². The highest BCUT2D eigenvalue weighted by atomic mass is 32.3. The summed E-state index contributed by atoms with van der Waals surface area (Å²) in [5.41, 5.74) is 0.445. The second-order valence-electron chi connectivity index (χ2n) is 4.66. The Bertz CT molecular complexity index is 572. The van der Waals surface area contributed by atoms with Crippen LogP contribution in [0.4, 0.5) is 3.89 Å². The van der Waals surface area contributed by atoms with Gasteiger partial charge in [0.25, 0.3) is 0 Å². The lowest BCUT2D eigenvalue weighted by atomic mass is 10.2. The van der Waals surface area contributed by atoms with Crippen molar-refractivity contribution >= 4 is 10.5 Å². The maximum Gasteiger partial charge on any atom is 0.488 e. The molecule has 1 aliphatic heterocycles. The largest absolute Gasteiger partial charge is 0.492 e. The SMILES string of the molecule is Cc1c(OCCN2CCOCC2)cccc1OS(=O)(=O)F. The predicted octanol–water partition coefficient (Wildman–Crippen LogP) is 1.30. The van der Waals surface area contributed by atoms with Crippen molar-refractivity contribution in [1.29, 1.82) is 0 Å². The van der Waals surface area contributed by atoms with Gasteiger partial charge in [-0.1, -0.05) is 9.95 Å². The van der Waals surface area contributed by atoms with Crippen molar-refractivity contribution in [2.45, 2.75) is 6.92 Å². The first-order chi connectivity index (χ1) is 9.96. The van der Waals surface area contributed by atoms with E-state index in [1.54, 1.807) is 19.1 Å². The summed E-state index contributed by atoms with van der Waals surface area (Å²) in [7, 11) is -5.03. The van der Waals surface area contributed by atoms with E-state index in [0.29, 0.717) is 17.9 Å². The molecule has 0 N–H and O–H groups in total. The highest BCUT2D eigenvalue weighted by Gasteiger charge is 2.15. The summed E-state index contributed by atoms with van der Waals surface area (Å²) in [5.74, 6) is 0.408. The highest BCUT2D eigenvalue weighted by Crippen LogP contribution is 2.28. The Balaban J connectivity index is 1.92. The average Bonchev–Trinajstić information content (AvgIpc) is 2.43. The number of morpholine rings is 1. The molecule has 6 nitrogen and oxygen atoms in total. The van der Waals surface area contributed by atoms with E-state index in [2.05, 4.69) is 9.08 Å². The van der Waals surface area contributed by atoms with Gasteiger partial charge in [-0.3, -0.25) is 4.90 Å². The van der Waals surface area contributed by atoms with Gasteiger partial charge in [-0.2, -0.15) is 8.42 Å². The fraction of sp³-hybridized carbons (Fsp3) is 0.538. The third kappa shape index (κ3) is 5.14. The number of hydrogen-bond acceptors (Lipinski definition) is 6. The fourth-order valence-corrected chi connectivity index (χ4v) is 2.45. The van der Waals surface area contributed by atoms with Gasteiger partial charge in [0.1, 0.15) is 12.4 Å². The zero-order chi connectivity index (χ0) is 15.3. The number of rotatable bonds is 6. The fourth-order valence-electron chi connectivity index (χ4n) is 2.06. The minimum absolute atomic E-state index is 0.0682. The first kappa shape index (κ1) is 16.0. The standard InChI is InChI=1S/C13H18FNO5S/c1-11-12(3-2-4-13(11)20-21(14,16)17)19-10-7-15-5-8-18-9-6-15/h2-4H,5-10H2,1H3. The molecule has 1 aromatic carbocycles. The van der Waals surface area contributed by atoms with Crippen LogP contribution in [-0.4, -0.2) is 52.8 Å². The van der Waals surface area contributed by atoms with E-state index in [4.69, 9.17) is 9.47 Å². The van der Waals surface area contributed by atoms with Crippen molar-refractivity contribution in [3.8, 4) is 11.5 Å². The molecule has 0 bridgehead atoms. The summed E-state index contributed by atoms with van der Waals surface area (Å²) in [4.78, 5) is 2.21. The Kier molecular flexibility index (Phi) is 5.38. The van der Waals surface area contributed by atoms with Gasteiger partial charge in [0.2, 0.25) is 0 Å². The summed E-state index contributed by atoms with van der Waals surface area (Å²) < 4.78 is 48.8. The number of benzene rings is 1. The maximum atomic E-state index is 12.6. The molecule has 0 spiro atoms. The summed E-state index contributed by atoms with van der Waals surface area (Å²) in [6.07, 6.45) is 0. The van der Waals surface area contributed by atoms with Crippen molar-refractivity contribution in [3.63, 3.8) is 0 Å². The lowest BCUT2D eigenvalue weighted by Gasteiger charge is -2.26. The summed E-state index contributed by atoms with van der Waals surface area (Å²) >= 11 is 0. The van der Waals surface area contributed by atoms with Gasteiger partial charge >= 0.3 is 10.5 Å². The Labute approximate surface area is 123 Å². The first-order valence-corrected chi connectivity index (χ1v) is 7.93. The van der Waals surface area contributed by atoms with Gasteiger partial charge in [-0.15, -0.1) is 0 Å². The Hall–Kier alpha value is -1.38. The van der Waals surface area contributed by atoms with E-state index in [9.17, 15) is 12.3 Å². The van der Waals surface area contributed by atoms with Crippen LogP contribution in [0.25, 0.3) is 0 Å². The minimum Gasteiger partial charge on any atom is -0.492 e. The average molecular weight is 319 g/mol. The number of nitrogens with zero attached hydrogens (tertiary/aromatic N) is 1. The molecule has 8 heteroatoms. The quantitative estimate of drug-likeness (QED) is 0.737. The molecule has 0 atom stereocenters. The number of ether oxygens (including phenoxy) is 2. The topological polar surface area (TPSA) is 65.1 Å². The summed E-state index contributed by atoms with van der Waals surface area (Å²) in [6.45, 7) is 5.98. The van der Waals surface area contributed by atoms with Crippen LogP contribution in [0.3, 0.4) is 0 Å². The molecule has 0 unspecified atom stereocenters. The van der Waals surface area contributed by atoms with E-state index < -0.39 is 10.5 Å². The van der Waals surface area contributed by atoms with Crippen LogP contribution in [0.5, 0.6) is 11.5 Å². The summed E-state index contributed by atoms with van der Waals surface area (Å²) in [5, 5.41) is 0. The minimum atomic E-state index is -5.03. The zero-order valence-corrected chi connectivity index (χ0v) is 12.6. The van der Waals surface area contributed by atoms with Gasteiger partial charge < -0.3 is 13.7 Å².